The van der Waals surface area contributed by atoms with E-state index in [1.807, 2.05) is 29.8 Å². The lowest BCUT2D eigenvalue weighted by atomic mass is 10.1. The number of aromatic nitrogens is 4. The second-order valence-corrected chi connectivity index (χ2v) is 8.14. The van der Waals surface area contributed by atoms with Crippen LogP contribution in [-0.2, 0) is 13.0 Å². The van der Waals surface area contributed by atoms with Crippen molar-refractivity contribution in [1.82, 2.24) is 19.7 Å². The zero-order valence-corrected chi connectivity index (χ0v) is 17.1. The Hall–Kier alpha value is -3.02. The lowest BCUT2D eigenvalue weighted by Gasteiger charge is -2.06. The molecule has 0 radical (unpaired) electrons. The number of rotatable bonds is 5. The van der Waals surface area contributed by atoms with E-state index >= 15 is 0 Å². The van der Waals surface area contributed by atoms with Crippen molar-refractivity contribution < 1.29 is 0 Å². The zero-order valence-electron chi connectivity index (χ0n) is 15.5. The molecule has 0 saturated carbocycles. The Morgan fingerprint density at radius 3 is 2.62 bits per heavy atom. The quantitative estimate of drug-likeness (QED) is 0.361. The summed E-state index contributed by atoms with van der Waals surface area (Å²) in [5.41, 5.74) is 5.10. The van der Waals surface area contributed by atoms with Crippen LogP contribution in [0.25, 0.3) is 22.2 Å². The molecule has 6 heteroatoms. The molecule has 3 heterocycles. The largest absolute Gasteiger partial charge is 0.260 e. The molecule has 5 aromatic rings. The summed E-state index contributed by atoms with van der Waals surface area (Å²) >= 11 is 8.03. The van der Waals surface area contributed by atoms with E-state index in [0.717, 1.165) is 39.4 Å². The minimum Gasteiger partial charge on any atom is -0.260 e. The van der Waals surface area contributed by atoms with Crippen LogP contribution in [0.3, 0.4) is 0 Å². The SMILES string of the molecule is Clc1cccnc1-c1ccc2c(c1)c(Cc1nccs1)nn2Cc1ccccc1. The number of halogens is 1. The van der Waals surface area contributed by atoms with Gasteiger partial charge in [-0.3, -0.25) is 9.67 Å². The van der Waals surface area contributed by atoms with Crippen LogP contribution >= 0.6 is 22.9 Å². The maximum Gasteiger partial charge on any atom is 0.0985 e. The Morgan fingerprint density at radius 1 is 0.931 bits per heavy atom. The van der Waals surface area contributed by atoms with E-state index in [1.165, 1.54) is 5.56 Å². The molecule has 142 valence electrons. The van der Waals surface area contributed by atoms with E-state index in [4.69, 9.17) is 16.7 Å². The van der Waals surface area contributed by atoms with E-state index in [2.05, 4.69) is 57.1 Å². The van der Waals surface area contributed by atoms with Crippen LogP contribution in [0.15, 0.2) is 78.4 Å². The van der Waals surface area contributed by atoms with E-state index in [0.29, 0.717) is 11.4 Å². The van der Waals surface area contributed by atoms with Crippen LogP contribution in [0.2, 0.25) is 5.02 Å². The number of hydrogen-bond donors (Lipinski definition) is 0. The van der Waals surface area contributed by atoms with Crippen molar-refractivity contribution in [2.75, 3.05) is 0 Å². The number of nitrogens with zero attached hydrogens (tertiary/aromatic N) is 4. The third kappa shape index (κ3) is 3.67. The normalized spacial score (nSPS) is 11.2. The highest BCUT2D eigenvalue weighted by atomic mass is 35.5. The molecular weight excluding hydrogens is 400 g/mol. The first-order valence-electron chi connectivity index (χ1n) is 9.30. The van der Waals surface area contributed by atoms with Gasteiger partial charge in [-0.2, -0.15) is 5.10 Å². The molecule has 0 atom stereocenters. The van der Waals surface area contributed by atoms with Crippen molar-refractivity contribution in [3.8, 4) is 11.3 Å². The minimum absolute atomic E-state index is 0.644. The predicted molar refractivity (Wildman–Crippen MR) is 118 cm³/mol. The van der Waals surface area contributed by atoms with Gasteiger partial charge in [-0.05, 0) is 29.8 Å². The van der Waals surface area contributed by atoms with Crippen LogP contribution in [-0.4, -0.2) is 19.7 Å². The summed E-state index contributed by atoms with van der Waals surface area (Å²) in [6.07, 6.45) is 4.30. The molecule has 5 rings (SSSR count). The number of pyridine rings is 1. The predicted octanol–water partition coefficient (Wildman–Crippen LogP) is 5.85. The lowest BCUT2D eigenvalue weighted by molar-refractivity contribution is 0.698. The summed E-state index contributed by atoms with van der Waals surface area (Å²) in [6.45, 7) is 0.721. The number of benzene rings is 2. The Bertz CT molecular complexity index is 1260. The maximum atomic E-state index is 6.39. The van der Waals surface area contributed by atoms with E-state index in [-0.39, 0.29) is 0 Å². The Balaban J connectivity index is 1.63. The standard InChI is InChI=1S/C23H17ClN4S/c24-19-7-4-10-26-23(19)17-8-9-21-18(13-17)20(14-22-25-11-12-29-22)27-28(21)15-16-5-2-1-3-6-16/h1-13H,14-15H2. The first kappa shape index (κ1) is 18.0. The van der Waals surface area contributed by atoms with Crippen molar-refractivity contribution in [2.45, 2.75) is 13.0 Å². The van der Waals surface area contributed by atoms with Crippen LogP contribution in [0.5, 0.6) is 0 Å². The Labute approximate surface area is 177 Å². The smallest absolute Gasteiger partial charge is 0.0985 e. The topological polar surface area (TPSA) is 43.6 Å². The van der Waals surface area contributed by atoms with Gasteiger partial charge in [0.15, 0.2) is 0 Å². The highest BCUT2D eigenvalue weighted by Crippen LogP contribution is 2.31. The van der Waals surface area contributed by atoms with Crippen molar-refractivity contribution in [3.05, 3.63) is 99.7 Å². The number of hydrogen-bond acceptors (Lipinski definition) is 4. The first-order valence-corrected chi connectivity index (χ1v) is 10.6. The van der Waals surface area contributed by atoms with Gasteiger partial charge in [0.25, 0.3) is 0 Å². The van der Waals surface area contributed by atoms with Gasteiger partial charge in [0.05, 0.1) is 33.5 Å². The zero-order chi connectivity index (χ0) is 19.6. The fourth-order valence-corrected chi connectivity index (χ4v) is 4.33. The summed E-state index contributed by atoms with van der Waals surface area (Å²) in [5.74, 6) is 0. The highest BCUT2D eigenvalue weighted by Gasteiger charge is 2.15. The van der Waals surface area contributed by atoms with Gasteiger partial charge in [0, 0.05) is 35.1 Å². The number of fused-ring (bicyclic) bond motifs is 1. The molecule has 0 saturated heterocycles. The molecule has 0 aliphatic heterocycles. The fourth-order valence-electron chi connectivity index (χ4n) is 3.48. The molecule has 0 N–H and O–H groups in total. The van der Waals surface area contributed by atoms with Crippen LogP contribution in [0.1, 0.15) is 16.3 Å². The van der Waals surface area contributed by atoms with Gasteiger partial charge in [-0.15, -0.1) is 11.3 Å². The maximum absolute atomic E-state index is 6.39. The van der Waals surface area contributed by atoms with Crippen molar-refractivity contribution in [2.24, 2.45) is 0 Å². The molecule has 0 amide bonds. The first-order chi connectivity index (χ1) is 14.3. The van der Waals surface area contributed by atoms with Crippen molar-refractivity contribution >= 4 is 33.8 Å². The van der Waals surface area contributed by atoms with Gasteiger partial charge >= 0.3 is 0 Å². The van der Waals surface area contributed by atoms with E-state index < -0.39 is 0 Å². The van der Waals surface area contributed by atoms with Crippen molar-refractivity contribution in [3.63, 3.8) is 0 Å². The van der Waals surface area contributed by atoms with Crippen LogP contribution in [0, 0.1) is 0 Å². The van der Waals surface area contributed by atoms with E-state index in [1.54, 1.807) is 17.5 Å². The van der Waals surface area contributed by atoms with Gasteiger partial charge in [0.2, 0.25) is 0 Å². The average molecular weight is 417 g/mol. The number of thiazole rings is 1. The third-order valence-electron chi connectivity index (χ3n) is 4.84. The molecule has 0 aliphatic carbocycles. The van der Waals surface area contributed by atoms with Crippen molar-refractivity contribution in [1.29, 1.82) is 0 Å². The van der Waals surface area contributed by atoms with Gasteiger partial charge in [0.1, 0.15) is 0 Å². The second kappa shape index (κ2) is 7.78. The lowest BCUT2D eigenvalue weighted by Crippen LogP contribution is -2.02. The van der Waals surface area contributed by atoms with Gasteiger partial charge in [-0.25, -0.2) is 4.98 Å². The van der Waals surface area contributed by atoms with Gasteiger partial charge in [-0.1, -0.05) is 48.0 Å². The monoisotopic (exact) mass is 416 g/mol. The Kier molecular flexibility index (Phi) is 4.84. The summed E-state index contributed by atoms with van der Waals surface area (Å²) in [7, 11) is 0. The fraction of sp³-hybridized carbons (Fsp3) is 0.0870. The third-order valence-corrected chi connectivity index (χ3v) is 5.92. The molecular formula is C23H17ClN4S. The molecule has 0 spiro atoms. The molecule has 0 fully saturated rings. The minimum atomic E-state index is 0.644. The molecule has 0 bridgehead atoms. The summed E-state index contributed by atoms with van der Waals surface area (Å²) in [5, 5.41) is 9.75. The molecule has 4 nitrogen and oxygen atoms in total. The summed E-state index contributed by atoms with van der Waals surface area (Å²) in [6, 6.07) is 20.4. The summed E-state index contributed by atoms with van der Waals surface area (Å²) < 4.78 is 2.07. The molecule has 0 aliphatic rings. The van der Waals surface area contributed by atoms with E-state index in [9.17, 15) is 0 Å². The Morgan fingerprint density at radius 2 is 1.83 bits per heavy atom. The molecule has 29 heavy (non-hydrogen) atoms. The molecule has 3 aromatic heterocycles. The molecule has 0 unspecified atom stereocenters. The van der Waals surface area contributed by atoms with Crippen LogP contribution < -0.4 is 0 Å². The second-order valence-electron chi connectivity index (χ2n) is 6.76. The van der Waals surface area contributed by atoms with Gasteiger partial charge < -0.3 is 0 Å². The highest BCUT2D eigenvalue weighted by molar-refractivity contribution is 7.09. The van der Waals surface area contributed by atoms with Crippen LogP contribution in [0.4, 0.5) is 0 Å². The average Bonchev–Trinajstić information content (AvgIpc) is 3.38. The summed E-state index contributed by atoms with van der Waals surface area (Å²) in [4.78, 5) is 8.91. The molecule has 2 aromatic carbocycles.